The highest BCUT2D eigenvalue weighted by Gasteiger charge is 2.21. The molecule has 7 nitrogen and oxygen atoms in total. The van der Waals surface area contributed by atoms with Gasteiger partial charge in [0.15, 0.2) is 5.82 Å². The van der Waals surface area contributed by atoms with E-state index in [1.54, 1.807) is 0 Å². The van der Waals surface area contributed by atoms with E-state index < -0.39 is 0 Å². The molecule has 5 heterocycles. The Balaban J connectivity index is 0.621. The van der Waals surface area contributed by atoms with E-state index in [9.17, 15) is 5.26 Å². The molecular weight excluding hydrogens is 1240 g/mol. The predicted molar refractivity (Wildman–Crippen MR) is 422 cm³/mol. The van der Waals surface area contributed by atoms with Gasteiger partial charge in [0.25, 0.3) is 0 Å². The summed E-state index contributed by atoms with van der Waals surface area (Å²) in [5.74, 6) is 0.620. The lowest BCUT2D eigenvalue weighted by atomic mass is 10.0. The van der Waals surface area contributed by atoms with Gasteiger partial charge in [0.2, 0.25) is 0 Å². The molecule has 0 saturated heterocycles. The lowest BCUT2D eigenvalue weighted by Crippen LogP contribution is -1.97. The first-order valence-corrected chi connectivity index (χ1v) is 34.6. The standard InChI is InChI=1S/C95H59N7/c96-60-61-16-15-17-68(54-61)64-32-36-67(37-33-64)95-97-85(59-86(98-95)66-40-48-76(49-41-66)102-90-29-14-10-25-80(90)84-58-72(45-53-94(84)102)70-43-51-92-82(56-70)78-23-8-12-27-88(78)100(92)74-20-5-2-6-21-74)65-34-30-62(31-35-65)63-38-46-75(47-39-63)101-89-28-13-9-24-79(89)83-57-71(44-52-93(83)101)69-42-50-91-81(55-69)77-22-7-11-26-87(77)99(91)73-18-3-1-4-19-73/h1-59H. The third-order valence-corrected chi connectivity index (χ3v) is 20.6. The maximum absolute atomic E-state index is 9.70. The van der Waals surface area contributed by atoms with Crippen LogP contribution in [0.1, 0.15) is 5.56 Å². The quantitative estimate of drug-likeness (QED) is 0.130. The van der Waals surface area contributed by atoms with Crippen LogP contribution < -0.4 is 0 Å². The lowest BCUT2D eigenvalue weighted by Gasteiger charge is -2.12. The van der Waals surface area contributed by atoms with Crippen molar-refractivity contribution >= 4 is 87.2 Å². The SMILES string of the molecule is N#Cc1cccc(-c2ccc(-c3nc(-c4ccc(-c5ccc(-n6c7ccccc7c7cc(-c8ccc9c(c8)c8ccccc8n9-c8ccccc8)ccc76)cc5)cc4)cc(-c4ccc(-n5c6ccccc6c6cc(-c7ccc8c(c7)c7ccccc7n8-c7ccccc7)ccc65)cc4)n3)cc2)c1. The third-order valence-electron chi connectivity index (χ3n) is 20.6. The Morgan fingerprint density at radius 3 is 0.843 bits per heavy atom. The second-order valence-electron chi connectivity index (χ2n) is 26.4. The van der Waals surface area contributed by atoms with E-state index in [-0.39, 0.29) is 0 Å². The van der Waals surface area contributed by atoms with Gasteiger partial charge in [0.05, 0.1) is 67.2 Å². The van der Waals surface area contributed by atoms with Crippen LogP contribution in [0.5, 0.6) is 0 Å². The van der Waals surface area contributed by atoms with Crippen LogP contribution in [0.2, 0.25) is 0 Å². The highest BCUT2D eigenvalue weighted by molar-refractivity contribution is 6.15. The smallest absolute Gasteiger partial charge is 0.160 e. The molecule has 0 N–H and O–H groups in total. The molecule has 15 aromatic carbocycles. The molecule has 0 aliphatic rings. The van der Waals surface area contributed by atoms with Gasteiger partial charge >= 0.3 is 0 Å². The molecular formula is C95H59N7. The largest absolute Gasteiger partial charge is 0.309 e. The molecule has 0 radical (unpaired) electrons. The first kappa shape index (κ1) is 58.2. The minimum Gasteiger partial charge on any atom is -0.309 e. The molecule has 20 aromatic rings. The number of rotatable bonds is 11. The van der Waals surface area contributed by atoms with E-state index in [0.29, 0.717) is 11.4 Å². The molecule has 0 aliphatic carbocycles. The van der Waals surface area contributed by atoms with Gasteiger partial charge in [-0.1, -0.05) is 218 Å². The summed E-state index contributed by atoms with van der Waals surface area (Å²) in [4.78, 5) is 10.6. The summed E-state index contributed by atoms with van der Waals surface area (Å²) >= 11 is 0. The van der Waals surface area contributed by atoms with Crippen LogP contribution in [-0.4, -0.2) is 28.2 Å². The van der Waals surface area contributed by atoms with Gasteiger partial charge in [0, 0.05) is 82.5 Å². The summed E-state index contributed by atoms with van der Waals surface area (Å²) < 4.78 is 9.51. The second-order valence-corrected chi connectivity index (χ2v) is 26.4. The normalized spacial score (nSPS) is 11.7. The minimum absolute atomic E-state index is 0.620. The summed E-state index contributed by atoms with van der Waals surface area (Å²) in [5, 5.41) is 19.5. The number of nitrogens with zero attached hydrogens (tertiary/aromatic N) is 7. The van der Waals surface area contributed by atoms with Crippen LogP contribution in [0.3, 0.4) is 0 Å². The summed E-state index contributed by atoms with van der Waals surface area (Å²) in [6.07, 6.45) is 0. The molecule has 0 saturated carbocycles. The molecule has 0 aliphatic heterocycles. The van der Waals surface area contributed by atoms with Gasteiger partial charge in [0.1, 0.15) is 0 Å². The summed E-state index contributed by atoms with van der Waals surface area (Å²) in [6, 6.07) is 131. The van der Waals surface area contributed by atoms with Crippen molar-refractivity contribution in [2.24, 2.45) is 0 Å². The molecule has 0 spiro atoms. The number of fused-ring (bicyclic) bond motifs is 12. The van der Waals surface area contributed by atoms with Crippen molar-refractivity contribution in [3.8, 4) is 107 Å². The number of para-hydroxylation sites is 6. The number of hydrogen-bond donors (Lipinski definition) is 0. The van der Waals surface area contributed by atoms with Gasteiger partial charge < -0.3 is 18.3 Å². The van der Waals surface area contributed by atoms with E-state index in [1.807, 2.05) is 24.3 Å². The van der Waals surface area contributed by atoms with E-state index >= 15 is 0 Å². The van der Waals surface area contributed by atoms with Crippen LogP contribution in [-0.2, 0) is 0 Å². The van der Waals surface area contributed by atoms with Gasteiger partial charge in [-0.2, -0.15) is 5.26 Å². The third kappa shape index (κ3) is 9.65. The zero-order valence-electron chi connectivity index (χ0n) is 55.2. The minimum atomic E-state index is 0.620. The first-order valence-electron chi connectivity index (χ1n) is 34.6. The zero-order chi connectivity index (χ0) is 67.4. The van der Waals surface area contributed by atoms with Gasteiger partial charge in [-0.05, 0) is 184 Å². The Hall–Kier alpha value is -13.9. The maximum atomic E-state index is 9.70. The van der Waals surface area contributed by atoms with Crippen molar-refractivity contribution in [1.29, 1.82) is 5.26 Å². The second kappa shape index (κ2) is 23.7. The van der Waals surface area contributed by atoms with E-state index in [0.717, 1.165) is 95.1 Å². The summed E-state index contributed by atoms with van der Waals surface area (Å²) in [5.41, 5.74) is 27.9. The van der Waals surface area contributed by atoms with Crippen LogP contribution in [0.15, 0.2) is 358 Å². The van der Waals surface area contributed by atoms with Crippen LogP contribution in [0.4, 0.5) is 0 Å². The fourth-order valence-corrected chi connectivity index (χ4v) is 15.7. The van der Waals surface area contributed by atoms with Crippen molar-refractivity contribution < 1.29 is 0 Å². The van der Waals surface area contributed by atoms with Gasteiger partial charge in [-0.15, -0.1) is 0 Å². The van der Waals surface area contributed by atoms with E-state index in [2.05, 4.69) is 358 Å². The number of benzene rings is 15. The van der Waals surface area contributed by atoms with Crippen LogP contribution in [0, 0.1) is 11.3 Å². The van der Waals surface area contributed by atoms with Gasteiger partial charge in [-0.3, -0.25) is 0 Å². The Morgan fingerprint density at radius 1 is 0.196 bits per heavy atom. The van der Waals surface area contributed by atoms with Crippen LogP contribution in [0.25, 0.3) is 188 Å². The van der Waals surface area contributed by atoms with Crippen LogP contribution >= 0.6 is 0 Å². The average Bonchev–Trinajstić information content (AvgIpc) is 1.60. The highest BCUT2D eigenvalue weighted by atomic mass is 15.0. The Labute approximate surface area is 587 Å². The molecule has 20 rings (SSSR count). The monoisotopic (exact) mass is 1300 g/mol. The fraction of sp³-hybridized carbons (Fsp3) is 0. The molecule has 102 heavy (non-hydrogen) atoms. The molecule has 0 fully saturated rings. The van der Waals surface area contributed by atoms with Crippen molar-refractivity contribution in [2.45, 2.75) is 0 Å². The first-order chi connectivity index (χ1) is 50.5. The molecule has 474 valence electrons. The maximum Gasteiger partial charge on any atom is 0.160 e. The Morgan fingerprint density at radius 2 is 0.471 bits per heavy atom. The molecule has 5 aromatic heterocycles. The molecule has 0 unspecified atom stereocenters. The van der Waals surface area contributed by atoms with Crippen molar-refractivity contribution in [3.05, 3.63) is 363 Å². The fourth-order valence-electron chi connectivity index (χ4n) is 15.7. The number of aromatic nitrogens is 6. The molecule has 0 bridgehead atoms. The van der Waals surface area contributed by atoms with Crippen molar-refractivity contribution in [2.75, 3.05) is 0 Å². The molecule has 0 amide bonds. The lowest BCUT2D eigenvalue weighted by molar-refractivity contribution is 1.17. The van der Waals surface area contributed by atoms with E-state index in [1.165, 1.54) is 87.4 Å². The summed E-state index contributed by atoms with van der Waals surface area (Å²) in [6.45, 7) is 0. The summed E-state index contributed by atoms with van der Waals surface area (Å²) in [7, 11) is 0. The number of hydrogen-bond acceptors (Lipinski definition) is 3. The van der Waals surface area contributed by atoms with E-state index in [4.69, 9.17) is 9.97 Å². The number of nitriles is 1. The molecule has 0 atom stereocenters. The van der Waals surface area contributed by atoms with Crippen molar-refractivity contribution in [1.82, 2.24) is 28.2 Å². The zero-order valence-corrected chi connectivity index (χ0v) is 55.2. The predicted octanol–water partition coefficient (Wildman–Crippen LogP) is 24.4. The molecule has 7 heteroatoms. The van der Waals surface area contributed by atoms with Crippen molar-refractivity contribution in [3.63, 3.8) is 0 Å². The average molecular weight is 1300 g/mol. The van der Waals surface area contributed by atoms with Gasteiger partial charge in [-0.25, -0.2) is 9.97 Å². The highest BCUT2D eigenvalue weighted by Crippen LogP contribution is 2.42. The topological polar surface area (TPSA) is 69.3 Å². The Kier molecular flexibility index (Phi) is 13.5. The Bertz CT molecular complexity index is 6770.